The van der Waals surface area contributed by atoms with Gasteiger partial charge in [0.2, 0.25) is 0 Å². The summed E-state index contributed by atoms with van der Waals surface area (Å²) in [6.45, 7) is 7.01. The van der Waals surface area contributed by atoms with E-state index in [1.165, 1.54) is 0 Å². The van der Waals surface area contributed by atoms with Crippen LogP contribution in [0.3, 0.4) is 0 Å². The lowest BCUT2D eigenvalue weighted by atomic mass is 10.1. The van der Waals surface area contributed by atoms with E-state index >= 15 is 0 Å². The van der Waals surface area contributed by atoms with E-state index in [-0.39, 0.29) is 5.54 Å². The molecule has 21 heavy (non-hydrogen) atoms. The molecule has 5 nitrogen and oxygen atoms in total. The Morgan fingerprint density at radius 3 is 2.43 bits per heavy atom. The van der Waals surface area contributed by atoms with Crippen molar-refractivity contribution in [3.05, 3.63) is 30.0 Å². The van der Waals surface area contributed by atoms with Crippen molar-refractivity contribution >= 4 is 0 Å². The fourth-order valence-electron chi connectivity index (χ4n) is 1.88. The Bertz CT molecular complexity index is 600. The van der Waals surface area contributed by atoms with Crippen molar-refractivity contribution in [1.82, 2.24) is 10.5 Å². The smallest absolute Gasteiger partial charge is 0.167 e. The summed E-state index contributed by atoms with van der Waals surface area (Å²) < 4.78 is 15.9. The number of nitrogens with one attached hydrogen (secondary N) is 1. The third-order valence-electron chi connectivity index (χ3n) is 3.03. The van der Waals surface area contributed by atoms with Crippen molar-refractivity contribution in [3.8, 4) is 22.8 Å². The lowest BCUT2D eigenvalue weighted by Gasteiger charge is -2.19. The zero-order valence-corrected chi connectivity index (χ0v) is 13.2. The highest BCUT2D eigenvalue weighted by Gasteiger charge is 2.13. The number of hydrogen-bond donors (Lipinski definition) is 1. The highest BCUT2D eigenvalue weighted by Crippen LogP contribution is 2.32. The molecule has 0 fully saturated rings. The minimum atomic E-state index is 0.0441. The predicted octanol–water partition coefficient (Wildman–Crippen LogP) is 3.25. The molecule has 0 saturated heterocycles. The molecule has 2 rings (SSSR count). The zero-order valence-electron chi connectivity index (χ0n) is 13.2. The van der Waals surface area contributed by atoms with Gasteiger partial charge in [-0.15, -0.1) is 0 Å². The summed E-state index contributed by atoms with van der Waals surface area (Å²) >= 11 is 0. The molecule has 5 heteroatoms. The molecule has 114 valence electrons. The fraction of sp³-hybridized carbons (Fsp3) is 0.438. The lowest BCUT2D eigenvalue weighted by molar-refractivity contribution is 0.354. The molecule has 1 aromatic heterocycles. The average Bonchev–Trinajstić information content (AvgIpc) is 2.92. The molecule has 1 aromatic carbocycles. The van der Waals surface area contributed by atoms with Crippen LogP contribution in [0.15, 0.2) is 28.8 Å². The highest BCUT2D eigenvalue weighted by atomic mass is 16.5. The van der Waals surface area contributed by atoms with Crippen LogP contribution in [0, 0.1) is 0 Å². The SMILES string of the molecule is COc1ccc(-c2cc(CNC(C)(C)C)no2)cc1OC. The van der Waals surface area contributed by atoms with Crippen molar-refractivity contribution in [2.75, 3.05) is 14.2 Å². The van der Waals surface area contributed by atoms with Crippen molar-refractivity contribution in [2.24, 2.45) is 0 Å². The second-order valence-electron chi connectivity index (χ2n) is 5.86. The third kappa shape index (κ3) is 3.98. The molecule has 0 unspecified atom stereocenters. The maximum absolute atomic E-state index is 5.40. The van der Waals surface area contributed by atoms with Gasteiger partial charge >= 0.3 is 0 Å². The summed E-state index contributed by atoms with van der Waals surface area (Å²) in [4.78, 5) is 0. The topological polar surface area (TPSA) is 56.5 Å². The normalized spacial score (nSPS) is 11.5. The Labute approximate surface area is 125 Å². The molecule has 0 aliphatic carbocycles. The summed E-state index contributed by atoms with van der Waals surface area (Å²) in [7, 11) is 3.23. The molecule has 1 N–H and O–H groups in total. The van der Waals surface area contributed by atoms with Crippen molar-refractivity contribution < 1.29 is 14.0 Å². The van der Waals surface area contributed by atoms with Crippen LogP contribution in [-0.2, 0) is 6.54 Å². The van der Waals surface area contributed by atoms with E-state index < -0.39 is 0 Å². The van der Waals surface area contributed by atoms with Crippen LogP contribution in [0.5, 0.6) is 11.5 Å². The fourth-order valence-corrected chi connectivity index (χ4v) is 1.88. The van der Waals surface area contributed by atoms with E-state index in [0.29, 0.717) is 23.8 Å². The maximum atomic E-state index is 5.40. The Morgan fingerprint density at radius 1 is 1.10 bits per heavy atom. The van der Waals surface area contributed by atoms with Gasteiger partial charge in [0.1, 0.15) is 0 Å². The first-order valence-electron chi connectivity index (χ1n) is 6.86. The molecule has 0 spiro atoms. The molecule has 0 aliphatic rings. The summed E-state index contributed by atoms with van der Waals surface area (Å²) in [6, 6.07) is 7.58. The summed E-state index contributed by atoms with van der Waals surface area (Å²) in [5, 5.41) is 7.46. The maximum Gasteiger partial charge on any atom is 0.167 e. The van der Waals surface area contributed by atoms with Crippen molar-refractivity contribution in [1.29, 1.82) is 0 Å². The van der Waals surface area contributed by atoms with Gasteiger partial charge in [0.15, 0.2) is 17.3 Å². The van der Waals surface area contributed by atoms with Crippen LogP contribution in [0.25, 0.3) is 11.3 Å². The Balaban J connectivity index is 2.17. The number of methoxy groups -OCH3 is 2. The second-order valence-corrected chi connectivity index (χ2v) is 5.86. The van der Waals surface area contributed by atoms with Crippen LogP contribution < -0.4 is 14.8 Å². The van der Waals surface area contributed by atoms with Crippen molar-refractivity contribution in [3.63, 3.8) is 0 Å². The lowest BCUT2D eigenvalue weighted by Crippen LogP contribution is -2.35. The van der Waals surface area contributed by atoms with Gasteiger partial charge in [-0.1, -0.05) is 5.16 Å². The third-order valence-corrected chi connectivity index (χ3v) is 3.03. The van der Waals surface area contributed by atoms with Crippen LogP contribution >= 0.6 is 0 Å². The van der Waals surface area contributed by atoms with E-state index in [1.807, 2.05) is 24.3 Å². The van der Waals surface area contributed by atoms with Crippen molar-refractivity contribution in [2.45, 2.75) is 32.9 Å². The molecular weight excluding hydrogens is 268 g/mol. The summed E-state index contributed by atoms with van der Waals surface area (Å²) in [5.41, 5.74) is 1.82. The quantitative estimate of drug-likeness (QED) is 0.916. The summed E-state index contributed by atoms with van der Waals surface area (Å²) in [5.74, 6) is 2.07. The molecule has 0 amide bonds. The number of ether oxygens (including phenoxy) is 2. The van der Waals surface area contributed by atoms with E-state index in [4.69, 9.17) is 14.0 Å². The Kier molecular flexibility index (Phi) is 4.53. The van der Waals surface area contributed by atoms with E-state index in [0.717, 1.165) is 11.3 Å². The van der Waals surface area contributed by atoms with Gasteiger partial charge in [0.05, 0.1) is 19.9 Å². The van der Waals surface area contributed by atoms with Crippen LogP contribution in [0.4, 0.5) is 0 Å². The second kappa shape index (κ2) is 6.18. The highest BCUT2D eigenvalue weighted by molar-refractivity contribution is 5.62. The standard InChI is InChI=1S/C16H22N2O3/c1-16(2,3)17-10-12-9-14(21-18-12)11-6-7-13(19-4)15(8-11)20-5/h6-9,17H,10H2,1-5H3. The van der Waals surface area contributed by atoms with Gasteiger partial charge in [-0.05, 0) is 39.0 Å². The first-order chi connectivity index (χ1) is 9.93. The molecule has 2 aromatic rings. The monoisotopic (exact) mass is 290 g/mol. The molecule has 0 radical (unpaired) electrons. The molecule has 0 saturated carbocycles. The van der Waals surface area contributed by atoms with Crippen LogP contribution in [0.2, 0.25) is 0 Å². The molecule has 0 bridgehead atoms. The van der Waals surface area contributed by atoms with Gasteiger partial charge in [-0.25, -0.2) is 0 Å². The van der Waals surface area contributed by atoms with Gasteiger partial charge < -0.3 is 19.3 Å². The number of aromatic nitrogens is 1. The number of rotatable bonds is 5. The number of hydrogen-bond acceptors (Lipinski definition) is 5. The predicted molar refractivity (Wildman–Crippen MR) is 81.6 cm³/mol. The van der Waals surface area contributed by atoms with Gasteiger partial charge in [-0.2, -0.15) is 0 Å². The Morgan fingerprint density at radius 2 is 1.81 bits per heavy atom. The van der Waals surface area contributed by atoms with Crippen LogP contribution in [-0.4, -0.2) is 24.9 Å². The molecular formula is C16H22N2O3. The Hall–Kier alpha value is -2.01. The van der Waals surface area contributed by atoms with Gasteiger partial charge in [0.25, 0.3) is 0 Å². The molecule has 1 heterocycles. The first-order valence-corrected chi connectivity index (χ1v) is 6.86. The zero-order chi connectivity index (χ0) is 15.5. The minimum absolute atomic E-state index is 0.0441. The molecule has 0 atom stereocenters. The van der Waals surface area contributed by atoms with Gasteiger partial charge in [0, 0.05) is 23.7 Å². The number of benzene rings is 1. The minimum Gasteiger partial charge on any atom is -0.493 e. The largest absolute Gasteiger partial charge is 0.493 e. The van der Waals surface area contributed by atoms with Crippen LogP contribution in [0.1, 0.15) is 26.5 Å². The average molecular weight is 290 g/mol. The van der Waals surface area contributed by atoms with E-state index in [1.54, 1.807) is 14.2 Å². The van der Waals surface area contributed by atoms with E-state index in [9.17, 15) is 0 Å². The molecule has 0 aliphatic heterocycles. The number of nitrogens with zero attached hydrogens (tertiary/aromatic N) is 1. The van der Waals surface area contributed by atoms with E-state index in [2.05, 4.69) is 31.2 Å². The summed E-state index contributed by atoms with van der Waals surface area (Å²) in [6.07, 6.45) is 0. The van der Waals surface area contributed by atoms with Gasteiger partial charge in [-0.3, -0.25) is 0 Å². The first kappa shape index (κ1) is 15.4.